The highest BCUT2D eigenvalue weighted by Crippen LogP contribution is 2.71. The molecule has 24 nitrogen and oxygen atoms in total. The van der Waals surface area contributed by atoms with Crippen LogP contribution in [0.1, 0.15) is 92.4 Å². The van der Waals surface area contributed by atoms with Crippen molar-refractivity contribution in [2.45, 2.75) is 233 Å². The minimum Gasteiger partial charge on any atom is -0.458 e. The first-order chi connectivity index (χ1) is 36.1. The van der Waals surface area contributed by atoms with Crippen molar-refractivity contribution in [2.24, 2.45) is 52.3 Å². The van der Waals surface area contributed by atoms with E-state index in [-0.39, 0.29) is 41.0 Å². The zero-order valence-electron chi connectivity index (χ0n) is 44.0. The zero-order valence-corrected chi connectivity index (χ0v) is 44.0. The first kappa shape index (κ1) is 57.8. The molecule has 76 heavy (non-hydrogen) atoms. The molecule has 436 valence electrons. The van der Waals surface area contributed by atoms with Gasteiger partial charge in [-0.15, -0.1) is 0 Å². The highest BCUT2D eigenvalue weighted by atomic mass is 16.8. The van der Waals surface area contributed by atoms with Crippen LogP contribution in [0.3, 0.4) is 0 Å². The lowest BCUT2D eigenvalue weighted by Gasteiger charge is -2.61. The largest absolute Gasteiger partial charge is 0.458 e. The van der Waals surface area contributed by atoms with Gasteiger partial charge in [0.2, 0.25) is 0 Å². The van der Waals surface area contributed by atoms with Gasteiger partial charge in [-0.05, 0) is 104 Å². The van der Waals surface area contributed by atoms with Gasteiger partial charge in [-0.1, -0.05) is 27.7 Å². The molecule has 6 saturated heterocycles. The highest BCUT2D eigenvalue weighted by Gasteiger charge is 2.71. The van der Waals surface area contributed by atoms with E-state index in [1.54, 1.807) is 0 Å². The number of nitrogens with one attached hydrogen (secondary N) is 1. The van der Waals surface area contributed by atoms with Crippen molar-refractivity contribution < 1.29 is 113 Å². The van der Waals surface area contributed by atoms with Crippen LogP contribution in [0.5, 0.6) is 0 Å². The summed E-state index contributed by atoms with van der Waals surface area (Å²) in [6, 6.07) is 0. The smallest absolute Gasteiger partial charge is 0.303 e. The van der Waals surface area contributed by atoms with Gasteiger partial charge >= 0.3 is 5.97 Å². The second-order valence-electron chi connectivity index (χ2n) is 24.7. The Bertz CT molecular complexity index is 1990. The lowest BCUT2D eigenvalue weighted by molar-refractivity contribution is -0.404. The monoisotopic (exact) mass is 1090 g/mol. The number of fused-ring (bicyclic) bond motifs is 7. The van der Waals surface area contributed by atoms with Gasteiger partial charge in [0.25, 0.3) is 0 Å². The van der Waals surface area contributed by atoms with E-state index in [1.807, 2.05) is 0 Å². The van der Waals surface area contributed by atoms with Crippen molar-refractivity contribution >= 4 is 5.97 Å². The van der Waals surface area contributed by atoms with E-state index >= 15 is 0 Å². The number of hydrogen-bond acceptors (Lipinski definition) is 24. The Hall–Kier alpha value is -1.41. The van der Waals surface area contributed by atoms with E-state index < -0.39 is 149 Å². The maximum absolute atomic E-state index is 12.3. The summed E-state index contributed by atoms with van der Waals surface area (Å²) < 4.78 is 61.0. The molecule has 4 aliphatic carbocycles. The molecule has 0 bridgehead atoms. The molecule has 32 atom stereocenters. The normalized spacial score (nSPS) is 56.3. The molecule has 24 heteroatoms. The molecule has 6 aliphatic heterocycles. The molecule has 13 N–H and O–H groups in total. The molecule has 10 rings (SSSR count). The average Bonchev–Trinajstić information content (AvgIpc) is 4.05. The van der Waals surface area contributed by atoms with Crippen molar-refractivity contribution in [1.29, 1.82) is 0 Å². The summed E-state index contributed by atoms with van der Waals surface area (Å²) >= 11 is 0. The first-order valence-electron chi connectivity index (χ1n) is 27.8. The number of hydrogen-bond donors (Lipinski definition) is 13. The van der Waals surface area contributed by atoms with Crippen LogP contribution in [0.25, 0.3) is 0 Å². The molecule has 0 aromatic carbocycles. The summed E-state index contributed by atoms with van der Waals surface area (Å²) in [6.07, 6.45) is -25.5. The zero-order chi connectivity index (χ0) is 54.5. The number of esters is 1. The van der Waals surface area contributed by atoms with E-state index in [1.165, 1.54) is 6.92 Å². The summed E-state index contributed by atoms with van der Waals surface area (Å²) in [5, 5.41) is 133. The third-order valence-corrected chi connectivity index (χ3v) is 20.5. The number of ether oxygens (including phenoxy) is 10. The summed E-state index contributed by atoms with van der Waals surface area (Å²) in [5.41, 5.74) is -0.582. The lowest BCUT2D eigenvalue weighted by atomic mass is 9.44. The van der Waals surface area contributed by atoms with E-state index in [0.717, 1.165) is 51.5 Å². The molecule has 4 saturated carbocycles. The van der Waals surface area contributed by atoms with Crippen molar-refractivity contribution in [3.63, 3.8) is 0 Å². The fourth-order valence-electron chi connectivity index (χ4n) is 16.5. The van der Waals surface area contributed by atoms with Crippen LogP contribution in [0, 0.1) is 52.3 Å². The third kappa shape index (κ3) is 9.93. The number of carbonyl (C=O) groups excluding carboxylic acids is 1. The molecule has 0 amide bonds. The van der Waals surface area contributed by atoms with Crippen molar-refractivity contribution in [3.8, 4) is 0 Å². The number of carbonyl (C=O) groups is 1. The van der Waals surface area contributed by atoms with E-state index in [0.29, 0.717) is 48.3 Å². The third-order valence-electron chi connectivity index (χ3n) is 20.5. The van der Waals surface area contributed by atoms with Crippen molar-refractivity contribution in [1.82, 2.24) is 5.32 Å². The molecule has 10 fully saturated rings. The predicted octanol–water partition coefficient (Wildman–Crippen LogP) is -3.16. The maximum atomic E-state index is 12.3. The number of aliphatic hydroxyl groups is 12. The van der Waals surface area contributed by atoms with E-state index in [9.17, 15) is 66.1 Å². The Balaban J connectivity index is 0.809. The van der Waals surface area contributed by atoms with Gasteiger partial charge in [-0.2, -0.15) is 0 Å². The quantitative estimate of drug-likeness (QED) is 0.0678. The van der Waals surface area contributed by atoms with Gasteiger partial charge in [0.1, 0.15) is 97.7 Å². The molecule has 0 unspecified atom stereocenters. The molecule has 0 aromatic heterocycles. The van der Waals surface area contributed by atoms with Crippen LogP contribution in [-0.4, -0.2) is 241 Å². The molecule has 1 spiro atoms. The predicted molar refractivity (Wildman–Crippen MR) is 255 cm³/mol. The average molecular weight is 1090 g/mol. The fourth-order valence-corrected chi connectivity index (χ4v) is 16.5. The first-order valence-corrected chi connectivity index (χ1v) is 27.8. The minimum atomic E-state index is -2.01. The SMILES string of the molecule is CC(=O)O[C@H]1C[C@H](C)CN[C@@]12O[C@H]1C[C@H]3[C@@H]4CC[C@H]5C[C@@H](O[C@@H]6O[C@H](CO)[C@H](O[C@@H]7O[C@H](CO)[C@@H](O)[C@H](O[C@@H]8OC[C@@H](O)[C@H](O)[C@H]8O)[C@H]7O[C@@H]7O[C@H](CO)[C@@H](O)[C@H](O)[C@H]7O)[C@H](O)[C@H]6O)CC[C@]5(C)[C@H]4CC[C@]3(C)[C@H]1[C@@H]2C. The maximum Gasteiger partial charge on any atom is 0.303 e. The molecular formula is C52H85NO23. The Morgan fingerprint density at radius 2 is 1.22 bits per heavy atom. The summed E-state index contributed by atoms with van der Waals surface area (Å²) in [7, 11) is 0. The Morgan fingerprint density at radius 3 is 1.93 bits per heavy atom. The second kappa shape index (κ2) is 22.4. The Labute approximate surface area is 442 Å². The molecular weight excluding hydrogens is 1010 g/mol. The van der Waals surface area contributed by atoms with Crippen LogP contribution in [-0.2, 0) is 52.2 Å². The van der Waals surface area contributed by atoms with E-state index in [2.05, 4.69) is 33.0 Å². The molecule has 0 radical (unpaired) electrons. The standard InChI is InChI=1S/C52H85NO23/c1-20-12-33(68-22(3)57)52(53-15-20)21(2)34-29(76-52)14-27-25-7-6-23-13-24(8-10-50(23,4)26(25)9-11-51(27,34)5)69-47-42(66)39(63)43(32(18-56)72-47)73-49-45(75-48-41(65)38(62)36(60)30(16-54)70-48)44(37(61)31(17-55)71-49)74-46-40(64)35(59)28(58)19-67-46/h20-21,23-49,53-56,58-66H,6-19H2,1-5H3/t20-,21-,23-,24-,25+,26-,27-,28+,29-,30+,31+,32+,33-,34-,35-,36+,37+,38-,39+,40+,41+,42+,43-,44-,45+,46-,47+,48-,49-,50-,51-,52-/m0/s1. The van der Waals surface area contributed by atoms with Crippen molar-refractivity contribution in [2.75, 3.05) is 33.0 Å². The van der Waals surface area contributed by atoms with Gasteiger partial charge in [0.15, 0.2) is 30.9 Å². The Morgan fingerprint density at radius 1 is 0.605 bits per heavy atom. The van der Waals surface area contributed by atoms with Crippen LogP contribution in [0.2, 0.25) is 0 Å². The fraction of sp³-hybridized carbons (Fsp3) is 0.981. The topological polar surface area (TPSA) is 364 Å². The van der Waals surface area contributed by atoms with Gasteiger partial charge in [-0.25, -0.2) is 0 Å². The van der Waals surface area contributed by atoms with Crippen LogP contribution >= 0.6 is 0 Å². The number of rotatable bonds is 12. The molecule has 10 aliphatic rings. The summed E-state index contributed by atoms with van der Waals surface area (Å²) in [4.78, 5) is 12.3. The number of piperidine rings is 1. The van der Waals surface area contributed by atoms with Gasteiger partial charge in [0.05, 0.1) is 38.6 Å². The van der Waals surface area contributed by atoms with Crippen LogP contribution in [0.4, 0.5) is 0 Å². The van der Waals surface area contributed by atoms with Crippen molar-refractivity contribution in [3.05, 3.63) is 0 Å². The second-order valence-corrected chi connectivity index (χ2v) is 24.7. The van der Waals surface area contributed by atoms with Gasteiger partial charge in [-0.3, -0.25) is 10.1 Å². The van der Waals surface area contributed by atoms with Crippen LogP contribution in [0.15, 0.2) is 0 Å². The molecule has 0 aromatic rings. The lowest BCUT2D eigenvalue weighted by Crippen LogP contribution is -2.68. The van der Waals surface area contributed by atoms with Gasteiger partial charge < -0.3 is 109 Å². The van der Waals surface area contributed by atoms with Crippen LogP contribution < -0.4 is 5.32 Å². The number of aliphatic hydroxyl groups excluding tert-OH is 12. The molecule has 6 heterocycles. The summed E-state index contributed by atoms with van der Waals surface area (Å²) in [5.74, 6) is 2.40. The minimum absolute atomic E-state index is 0.0349. The highest BCUT2D eigenvalue weighted by molar-refractivity contribution is 5.66. The van der Waals surface area contributed by atoms with Gasteiger partial charge in [0, 0.05) is 19.4 Å². The Kier molecular flexibility index (Phi) is 17.0. The van der Waals surface area contributed by atoms with E-state index in [4.69, 9.17) is 47.4 Å². The summed E-state index contributed by atoms with van der Waals surface area (Å²) in [6.45, 7) is 8.66.